The van der Waals surface area contributed by atoms with Gasteiger partial charge in [0.15, 0.2) is 6.10 Å². The topological polar surface area (TPSA) is 55.4 Å². The van der Waals surface area contributed by atoms with Gasteiger partial charge in [-0.2, -0.15) is 0 Å². The van der Waals surface area contributed by atoms with Gasteiger partial charge in [0, 0.05) is 6.92 Å². The van der Waals surface area contributed by atoms with Crippen LogP contribution in [0.15, 0.2) is 24.3 Å². The minimum atomic E-state index is -0.571. The van der Waals surface area contributed by atoms with Crippen LogP contribution in [0, 0.1) is 19.3 Å². The SMILES string of the molecule is C#C[C@H](C)OC(=O)C[C@H](NC(C)=O)c1ccc(C)cc1. The van der Waals surface area contributed by atoms with Gasteiger partial charge in [-0.3, -0.25) is 9.59 Å². The van der Waals surface area contributed by atoms with E-state index in [1.165, 1.54) is 6.92 Å². The first-order chi connectivity index (χ1) is 9.42. The number of terminal acetylenes is 1. The first-order valence-electron chi connectivity index (χ1n) is 6.41. The zero-order chi connectivity index (χ0) is 15.1. The van der Waals surface area contributed by atoms with Gasteiger partial charge in [0.1, 0.15) is 0 Å². The zero-order valence-corrected chi connectivity index (χ0v) is 12.0. The van der Waals surface area contributed by atoms with Crippen LogP contribution in [0.3, 0.4) is 0 Å². The summed E-state index contributed by atoms with van der Waals surface area (Å²) in [7, 11) is 0. The number of carbonyl (C=O) groups excluding carboxylic acids is 2. The molecule has 0 saturated carbocycles. The van der Waals surface area contributed by atoms with Crippen molar-refractivity contribution >= 4 is 11.9 Å². The zero-order valence-electron chi connectivity index (χ0n) is 12.0. The van der Waals surface area contributed by atoms with Crippen molar-refractivity contribution < 1.29 is 14.3 Å². The van der Waals surface area contributed by atoms with Gasteiger partial charge in [-0.1, -0.05) is 35.7 Å². The second kappa shape index (κ2) is 7.34. The summed E-state index contributed by atoms with van der Waals surface area (Å²) in [4.78, 5) is 23.0. The Labute approximate surface area is 119 Å². The number of esters is 1. The van der Waals surface area contributed by atoms with E-state index in [1.54, 1.807) is 6.92 Å². The average molecular weight is 273 g/mol. The molecule has 0 heterocycles. The summed E-state index contributed by atoms with van der Waals surface area (Å²) in [5.41, 5.74) is 1.97. The lowest BCUT2D eigenvalue weighted by molar-refractivity contribution is -0.146. The molecule has 0 aliphatic carbocycles. The Morgan fingerprint density at radius 1 is 1.35 bits per heavy atom. The lowest BCUT2D eigenvalue weighted by Gasteiger charge is -2.18. The van der Waals surface area contributed by atoms with Gasteiger partial charge in [-0.05, 0) is 19.4 Å². The third-order valence-electron chi connectivity index (χ3n) is 2.77. The molecule has 1 aromatic rings. The van der Waals surface area contributed by atoms with Gasteiger partial charge in [0.2, 0.25) is 5.91 Å². The first kappa shape index (κ1) is 15.8. The normalized spacial score (nSPS) is 12.9. The van der Waals surface area contributed by atoms with E-state index >= 15 is 0 Å². The van der Waals surface area contributed by atoms with Crippen molar-refractivity contribution in [2.24, 2.45) is 0 Å². The van der Waals surface area contributed by atoms with Crippen LogP contribution in [0.5, 0.6) is 0 Å². The first-order valence-corrected chi connectivity index (χ1v) is 6.41. The second-order valence-corrected chi connectivity index (χ2v) is 4.67. The van der Waals surface area contributed by atoms with Crippen LogP contribution in [0.1, 0.15) is 37.4 Å². The quantitative estimate of drug-likeness (QED) is 0.660. The molecule has 4 heteroatoms. The van der Waals surface area contributed by atoms with E-state index in [-0.39, 0.29) is 12.3 Å². The van der Waals surface area contributed by atoms with E-state index in [4.69, 9.17) is 11.2 Å². The molecule has 1 rings (SSSR count). The fourth-order valence-corrected chi connectivity index (χ4v) is 1.74. The molecule has 106 valence electrons. The molecule has 0 fully saturated rings. The van der Waals surface area contributed by atoms with E-state index in [9.17, 15) is 9.59 Å². The predicted octanol–water partition coefficient (Wildman–Crippen LogP) is 2.13. The number of ether oxygens (including phenoxy) is 1. The molecule has 1 amide bonds. The highest BCUT2D eigenvalue weighted by Gasteiger charge is 2.19. The van der Waals surface area contributed by atoms with Crippen LogP contribution >= 0.6 is 0 Å². The number of rotatable bonds is 5. The van der Waals surface area contributed by atoms with Crippen molar-refractivity contribution in [1.29, 1.82) is 0 Å². The van der Waals surface area contributed by atoms with Crippen LogP contribution in [0.4, 0.5) is 0 Å². The Morgan fingerprint density at radius 3 is 2.45 bits per heavy atom. The Bertz CT molecular complexity index is 514. The van der Waals surface area contributed by atoms with Crippen LogP contribution in [0.25, 0.3) is 0 Å². The molecule has 20 heavy (non-hydrogen) atoms. The highest BCUT2D eigenvalue weighted by molar-refractivity contribution is 5.76. The summed E-state index contributed by atoms with van der Waals surface area (Å²) in [6, 6.07) is 7.21. The summed E-state index contributed by atoms with van der Waals surface area (Å²) >= 11 is 0. The average Bonchev–Trinajstić information content (AvgIpc) is 2.38. The molecule has 0 aliphatic rings. The van der Waals surface area contributed by atoms with Gasteiger partial charge >= 0.3 is 5.97 Å². The van der Waals surface area contributed by atoms with Crippen molar-refractivity contribution in [2.45, 2.75) is 39.3 Å². The van der Waals surface area contributed by atoms with Gasteiger partial charge in [-0.25, -0.2) is 0 Å². The van der Waals surface area contributed by atoms with Crippen molar-refractivity contribution in [1.82, 2.24) is 5.32 Å². The molecule has 1 N–H and O–H groups in total. The Hall–Kier alpha value is -2.28. The largest absolute Gasteiger partial charge is 0.449 e. The number of hydrogen-bond donors (Lipinski definition) is 1. The summed E-state index contributed by atoms with van der Waals surface area (Å²) in [6.45, 7) is 5.01. The van der Waals surface area contributed by atoms with E-state index in [2.05, 4.69) is 11.2 Å². The third-order valence-corrected chi connectivity index (χ3v) is 2.77. The molecule has 1 aromatic carbocycles. The van der Waals surface area contributed by atoms with Crippen molar-refractivity contribution in [3.05, 3.63) is 35.4 Å². The summed E-state index contributed by atoms with van der Waals surface area (Å²) in [6.07, 6.45) is 4.64. The van der Waals surface area contributed by atoms with Gasteiger partial charge in [0.25, 0.3) is 0 Å². The molecule has 2 atom stereocenters. The molecule has 0 radical (unpaired) electrons. The maximum Gasteiger partial charge on any atom is 0.309 e. The van der Waals surface area contributed by atoms with Crippen LogP contribution in [-0.2, 0) is 14.3 Å². The third kappa shape index (κ3) is 5.15. The van der Waals surface area contributed by atoms with Crippen LogP contribution < -0.4 is 5.32 Å². The van der Waals surface area contributed by atoms with Gasteiger partial charge in [0.05, 0.1) is 12.5 Å². The molecule has 0 unspecified atom stereocenters. The summed E-state index contributed by atoms with van der Waals surface area (Å²) in [5.74, 6) is 1.69. The maximum atomic E-state index is 11.8. The van der Waals surface area contributed by atoms with E-state index in [1.807, 2.05) is 31.2 Å². The Morgan fingerprint density at radius 2 is 1.95 bits per heavy atom. The molecule has 4 nitrogen and oxygen atoms in total. The molecule has 0 aliphatic heterocycles. The van der Waals surface area contributed by atoms with E-state index in [0.29, 0.717) is 0 Å². The van der Waals surface area contributed by atoms with Crippen molar-refractivity contribution in [2.75, 3.05) is 0 Å². The van der Waals surface area contributed by atoms with Crippen LogP contribution in [-0.4, -0.2) is 18.0 Å². The number of hydrogen-bond acceptors (Lipinski definition) is 3. The standard InChI is InChI=1S/C16H19NO3/c1-5-12(3)20-16(19)10-15(17-13(4)18)14-8-6-11(2)7-9-14/h1,6-9,12,15H,10H2,2-4H3,(H,17,18)/t12-,15-/m0/s1. The fraction of sp³-hybridized carbons (Fsp3) is 0.375. The van der Waals surface area contributed by atoms with Crippen molar-refractivity contribution in [3.8, 4) is 12.3 Å². The highest BCUT2D eigenvalue weighted by atomic mass is 16.5. The molecule has 0 saturated heterocycles. The van der Waals surface area contributed by atoms with Crippen LogP contribution in [0.2, 0.25) is 0 Å². The lowest BCUT2D eigenvalue weighted by atomic mass is 10.0. The fourth-order valence-electron chi connectivity index (χ4n) is 1.74. The minimum Gasteiger partial charge on any atom is -0.449 e. The minimum absolute atomic E-state index is 0.0503. The van der Waals surface area contributed by atoms with Gasteiger partial charge < -0.3 is 10.1 Å². The number of nitrogens with one attached hydrogen (secondary N) is 1. The van der Waals surface area contributed by atoms with Crippen molar-refractivity contribution in [3.63, 3.8) is 0 Å². The molecule has 0 aromatic heterocycles. The molecular weight excluding hydrogens is 254 g/mol. The molecule has 0 bridgehead atoms. The molecular formula is C16H19NO3. The Kier molecular flexibility index (Phi) is 5.79. The number of benzene rings is 1. The van der Waals surface area contributed by atoms with E-state index in [0.717, 1.165) is 11.1 Å². The van der Waals surface area contributed by atoms with Gasteiger partial charge in [-0.15, -0.1) is 6.42 Å². The van der Waals surface area contributed by atoms with E-state index < -0.39 is 18.1 Å². The Balaban J connectivity index is 2.80. The smallest absolute Gasteiger partial charge is 0.309 e. The maximum absolute atomic E-state index is 11.8. The molecule has 0 spiro atoms. The predicted molar refractivity (Wildman–Crippen MR) is 76.7 cm³/mol. The number of amides is 1. The summed E-state index contributed by atoms with van der Waals surface area (Å²) < 4.78 is 5.03. The number of carbonyl (C=O) groups is 2. The highest BCUT2D eigenvalue weighted by Crippen LogP contribution is 2.18. The second-order valence-electron chi connectivity index (χ2n) is 4.67. The number of aryl methyl sites for hydroxylation is 1. The summed E-state index contributed by atoms with van der Waals surface area (Å²) in [5, 5.41) is 2.75. The monoisotopic (exact) mass is 273 g/mol. The lowest BCUT2D eigenvalue weighted by Crippen LogP contribution is -2.29.